The maximum absolute atomic E-state index is 12.9. The van der Waals surface area contributed by atoms with Crippen molar-refractivity contribution in [3.8, 4) is 0 Å². The Kier molecular flexibility index (Phi) is 5.87. The lowest BCUT2D eigenvalue weighted by Gasteiger charge is -2.14. The molecule has 2 aromatic carbocycles. The van der Waals surface area contributed by atoms with Gasteiger partial charge in [0.1, 0.15) is 0 Å². The van der Waals surface area contributed by atoms with E-state index in [-0.39, 0.29) is 36.7 Å². The molecule has 8 heteroatoms. The van der Waals surface area contributed by atoms with Gasteiger partial charge in [0.15, 0.2) is 0 Å². The molecule has 1 aromatic heterocycles. The minimum Gasteiger partial charge on any atom is -0.354 e. The number of rotatable bonds is 5. The molecule has 0 atom stereocenters. The molecule has 30 heavy (non-hydrogen) atoms. The molecule has 0 fully saturated rings. The third-order valence-corrected chi connectivity index (χ3v) is 5.60. The molecule has 3 amide bonds. The van der Waals surface area contributed by atoms with Gasteiger partial charge >= 0.3 is 0 Å². The molecule has 2 heterocycles. The molecule has 3 aromatic rings. The van der Waals surface area contributed by atoms with Gasteiger partial charge in [-0.25, -0.2) is 0 Å². The molecule has 4 rings (SSSR count). The molecule has 0 saturated heterocycles. The number of benzene rings is 2. The number of nitrogens with zero attached hydrogens (tertiary/aromatic N) is 2. The predicted molar refractivity (Wildman–Crippen MR) is 119 cm³/mol. The number of fused-ring (bicyclic) bond motifs is 4. The average Bonchev–Trinajstić information content (AvgIpc) is 3.19. The quantitative estimate of drug-likeness (QED) is 0.612. The van der Waals surface area contributed by atoms with Crippen LogP contribution in [0.5, 0.6) is 0 Å². The summed E-state index contributed by atoms with van der Waals surface area (Å²) in [4.78, 5) is 44.5. The molecule has 1 aliphatic rings. The van der Waals surface area contributed by atoms with Crippen molar-refractivity contribution < 1.29 is 14.4 Å². The number of nitrogens with one attached hydrogen (secondary N) is 2. The van der Waals surface area contributed by atoms with Crippen LogP contribution in [0.2, 0.25) is 0 Å². The van der Waals surface area contributed by atoms with Crippen LogP contribution in [-0.4, -0.2) is 60.2 Å². The summed E-state index contributed by atoms with van der Waals surface area (Å²) in [5, 5.41) is 4.80. The molecule has 0 spiro atoms. The molecule has 7 nitrogen and oxygen atoms in total. The van der Waals surface area contributed by atoms with Crippen LogP contribution in [0.1, 0.15) is 38.3 Å². The maximum Gasteiger partial charge on any atom is 0.261 e. The molecule has 158 valence electrons. The van der Waals surface area contributed by atoms with Crippen molar-refractivity contribution in [2.24, 2.45) is 0 Å². The minimum atomic E-state index is -0.321. The van der Waals surface area contributed by atoms with Gasteiger partial charge < -0.3 is 15.2 Å². The van der Waals surface area contributed by atoms with E-state index in [0.29, 0.717) is 29.7 Å². The number of imide groups is 1. The number of aromatic amines is 1. The number of carbonyl (C=O) groups excluding carboxylic acids is 3. The van der Waals surface area contributed by atoms with Gasteiger partial charge in [-0.15, -0.1) is 12.4 Å². The first-order chi connectivity index (χ1) is 13.8. The summed E-state index contributed by atoms with van der Waals surface area (Å²) < 4.78 is 0. The lowest BCUT2D eigenvalue weighted by atomic mass is 9.92. The first kappa shape index (κ1) is 21.8. The number of amides is 3. The fraction of sp³-hybridized carbons (Fsp3) is 0.318. The van der Waals surface area contributed by atoms with Gasteiger partial charge in [-0.2, -0.15) is 0 Å². The number of para-hydroxylation sites is 1. The Bertz CT molecular complexity index is 1180. The normalized spacial score (nSPS) is 13.3. The van der Waals surface area contributed by atoms with E-state index >= 15 is 0 Å². The number of aryl methyl sites for hydroxylation is 1. The topological polar surface area (TPSA) is 85.5 Å². The van der Waals surface area contributed by atoms with Crippen LogP contribution in [0.25, 0.3) is 21.8 Å². The highest BCUT2D eigenvalue weighted by atomic mass is 35.5. The Morgan fingerprint density at radius 1 is 1.13 bits per heavy atom. The monoisotopic (exact) mass is 428 g/mol. The maximum atomic E-state index is 12.9. The third-order valence-electron chi connectivity index (χ3n) is 5.60. The summed E-state index contributed by atoms with van der Waals surface area (Å²) in [6.45, 7) is 2.70. The van der Waals surface area contributed by atoms with E-state index in [1.54, 1.807) is 0 Å². The fourth-order valence-electron chi connectivity index (χ4n) is 4.03. The summed E-state index contributed by atoms with van der Waals surface area (Å²) in [6.07, 6.45) is 0.366. The van der Waals surface area contributed by atoms with Crippen molar-refractivity contribution in [3.63, 3.8) is 0 Å². The SMILES string of the molecule is Cc1c2c(c(CNC(=O)CCN(C)C)c3c1[nH]c1ccccc13)C(=O)N(C)C2=O.Cl. The van der Waals surface area contributed by atoms with Crippen LogP contribution >= 0.6 is 12.4 Å². The number of aromatic nitrogens is 1. The van der Waals surface area contributed by atoms with E-state index in [1.165, 1.54) is 7.05 Å². The second kappa shape index (κ2) is 8.08. The van der Waals surface area contributed by atoms with E-state index in [2.05, 4.69) is 10.3 Å². The first-order valence-corrected chi connectivity index (χ1v) is 9.61. The summed E-state index contributed by atoms with van der Waals surface area (Å²) >= 11 is 0. The Balaban J connectivity index is 0.00000256. The van der Waals surface area contributed by atoms with E-state index in [9.17, 15) is 14.4 Å². The van der Waals surface area contributed by atoms with Crippen LogP contribution < -0.4 is 5.32 Å². The van der Waals surface area contributed by atoms with Crippen LogP contribution in [0, 0.1) is 6.92 Å². The largest absolute Gasteiger partial charge is 0.354 e. The molecule has 0 saturated carbocycles. The summed E-state index contributed by atoms with van der Waals surface area (Å²) in [6, 6.07) is 7.83. The number of halogens is 1. The van der Waals surface area contributed by atoms with Crippen LogP contribution in [0.3, 0.4) is 0 Å². The van der Waals surface area contributed by atoms with Crippen LogP contribution in [-0.2, 0) is 11.3 Å². The summed E-state index contributed by atoms with van der Waals surface area (Å²) in [7, 11) is 5.32. The van der Waals surface area contributed by atoms with Crippen molar-refractivity contribution in [1.29, 1.82) is 0 Å². The van der Waals surface area contributed by atoms with Gasteiger partial charge in [0.2, 0.25) is 5.91 Å². The van der Waals surface area contributed by atoms with Crippen molar-refractivity contribution in [2.45, 2.75) is 19.9 Å². The van der Waals surface area contributed by atoms with Crippen molar-refractivity contribution >= 4 is 51.9 Å². The zero-order valence-corrected chi connectivity index (χ0v) is 18.3. The van der Waals surface area contributed by atoms with E-state index in [0.717, 1.165) is 32.3 Å². The second-order valence-electron chi connectivity index (χ2n) is 7.77. The Morgan fingerprint density at radius 2 is 1.80 bits per heavy atom. The smallest absolute Gasteiger partial charge is 0.261 e. The van der Waals surface area contributed by atoms with Crippen LogP contribution in [0.4, 0.5) is 0 Å². The van der Waals surface area contributed by atoms with Crippen molar-refractivity contribution in [3.05, 3.63) is 46.5 Å². The van der Waals surface area contributed by atoms with E-state index in [1.807, 2.05) is 50.2 Å². The van der Waals surface area contributed by atoms with Gasteiger partial charge in [-0.05, 0) is 38.2 Å². The molecule has 0 radical (unpaired) electrons. The number of hydrogen-bond acceptors (Lipinski definition) is 4. The third kappa shape index (κ3) is 3.34. The van der Waals surface area contributed by atoms with Gasteiger partial charge in [0.25, 0.3) is 11.8 Å². The Labute approximate surface area is 180 Å². The van der Waals surface area contributed by atoms with E-state index in [4.69, 9.17) is 0 Å². The second-order valence-corrected chi connectivity index (χ2v) is 7.77. The molecule has 0 unspecified atom stereocenters. The lowest BCUT2D eigenvalue weighted by Crippen LogP contribution is -2.28. The standard InChI is InChI=1S/C22H24N4O3.ClH/c1-12-17-19(22(29)26(4)21(17)28)14(11-23-16(27)9-10-25(2)3)18-13-7-5-6-8-15(13)24-20(12)18;/h5-8,24H,9-11H2,1-4H3,(H,23,27);1H. The first-order valence-electron chi connectivity index (χ1n) is 9.61. The molecule has 2 N–H and O–H groups in total. The highest BCUT2D eigenvalue weighted by molar-refractivity contribution is 6.27. The Morgan fingerprint density at radius 3 is 2.50 bits per heavy atom. The summed E-state index contributed by atoms with van der Waals surface area (Å²) in [5.41, 5.74) is 4.05. The Hall–Kier alpha value is -2.90. The van der Waals surface area contributed by atoms with Gasteiger partial charge in [0.05, 0.1) is 16.6 Å². The molecule has 1 aliphatic heterocycles. The highest BCUT2D eigenvalue weighted by Crippen LogP contribution is 2.38. The zero-order chi connectivity index (χ0) is 20.9. The lowest BCUT2D eigenvalue weighted by molar-refractivity contribution is -0.121. The molecule has 0 bridgehead atoms. The minimum absolute atomic E-state index is 0. The fourth-order valence-corrected chi connectivity index (χ4v) is 4.03. The van der Waals surface area contributed by atoms with Crippen molar-refractivity contribution in [2.75, 3.05) is 27.7 Å². The van der Waals surface area contributed by atoms with E-state index < -0.39 is 0 Å². The van der Waals surface area contributed by atoms with Crippen molar-refractivity contribution in [1.82, 2.24) is 20.1 Å². The molecular weight excluding hydrogens is 404 g/mol. The van der Waals surface area contributed by atoms with Gasteiger partial charge in [-0.3, -0.25) is 19.3 Å². The number of H-pyrrole nitrogens is 1. The number of hydrogen-bond donors (Lipinski definition) is 2. The van der Waals surface area contributed by atoms with Crippen LogP contribution in [0.15, 0.2) is 24.3 Å². The zero-order valence-electron chi connectivity index (χ0n) is 17.5. The average molecular weight is 429 g/mol. The predicted octanol–water partition coefficient (Wildman–Crippen LogP) is 2.85. The summed E-state index contributed by atoms with van der Waals surface area (Å²) in [5.74, 6) is -0.716. The molecular formula is C22H25ClN4O3. The van der Waals surface area contributed by atoms with Gasteiger partial charge in [-0.1, -0.05) is 18.2 Å². The molecule has 0 aliphatic carbocycles. The van der Waals surface area contributed by atoms with Gasteiger partial charge in [0, 0.05) is 42.8 Å². The number of carbonyl (C=O) groups is 3. The highest BCUT2D eigenvalue weighted by Gasteiger charge is 2.38.